The number of hydrogen-bond acceptors (Lipinski definition) is 2. The molecule has 1 amide bonds. The van der Waals surface area contributed by atoms with Gasteiger partial charge in [0, 0.05) is 19.1 Å². The minimum Gasteiger partial charge on any atom is -0.339 e. The van der Waals surface area contributed by atoms with E-state index >= 15 is 0 Å². The molecule has 0 aromatic rings. The standard InChI is InChI=1S/C13H22N2O.ClH/c16-13(11-6-7-14-9-11)15-8-2-4-10-3-1-5-12(10)15;/h10-12,14H,1-9H2;1H. The average molecular weight is 259 g/mol. The Bertz CT molecular complexity index is 279. The maximum absolute atomic E-state index is 12.4. The van der Waals surface area contributed by atoms with Crippen LogP contribution in [0.15, 0.2) is 0 Å². The van der Waals surface area contributed by atoms with Crippen LogP contribution in [0.2, 0.25) is 0 Å². The van der Waals surface area contributed by atoms with Gasteiger partial charge in [-0.25, -0.2) is 0 Å². The van der Waals surface area contributed by atoms with Gasteiger partial charge in [0.05, 0.1) is 5.92 Å². The summed E-state index contributed by atoms with van der Waals surface area (Å²) < 4.78 is 0. The van der Waals surface area contributed by atoms with Gasteiger partial charge >= 0.3 is 0 Å². The number of rotatable bonds is 1. The second kappa shape index (κ2) is 5.57. The highest BCUT2D eigenvalue weighted by Gasteiger charge is 2.39. The number of carbonyl (C=O) groups is 1. The van der Waals surface area contributed by atoms with Gasteiger partial charge in [0.25, 0.3) is 0 Å². The zero-order valence-corrected chi connectivity index (χ0v) is 11.2. The fourth-order valence-electron chi connectivity index (χ4n) is 3.83. The topological polar surface area (TPSA) is 32.3 Å². The second-order valence-corrected chi connectivity index (χ2v) is 5.62. The van der Waals surface area contributed by atoms with Gasteiger partial charge in [-0.05, 0) is 44.6 Å². The molecule has 2 aliphatic heterocycles. The molecule has 98 valence electrons. The first kappa shape index (κ1) is 13.2. The van der Waals surface area contributed by atoms with Crippen molar-refractivity contribution in [1.29, 1.82) is 0 Å². The smallest absolute Gasteiger partial charge is 0.227 e. The summed E-state index contributed by atoms with van der Waals surface area (Å²) in [5, 5.41) is 3.30. The normalized spacial score (nSPS) is 36.5. The third-order valence-electron chi connectivity index (χ3n) is 4.69. The molecule has 4 heteroatoms. The van der Waals surface area contributed by atoms with Crippen molar-refractivity contribution in [1.82, 2.24) is 10.2 Å². The van der Waals surface area contributed by atoms with E-state index in [1.807, 2.05) is 0 Å². The molecular formula is C13H23ClN2O. The number of halogens is 1. The highest BCUT2D eigenvalue weighted by molar-refractivity contribution is 5.85. The number of hydrogen-bond donors (Lipinski definition) is 1. The van der Waals surface area contributed by atoms with Crippen LogP contribution in [-0.2, 0) is 4.79 Å². The number of fused-ring (bicyclic) bond motifs is 1. The molecular weight excluding hydrogens is 236 g/mol. The molecule has 3 unspecified atom stereocenters. The Morgan fingerprint density at radius 1 is 1.12 bits per heavy atom. The number of likely N-dealkylation sites (tertiary alicyclic amines) is 1. The molecule has 2 heterocycles. The third kappa shape index (κ3) is 2.45. The summed E-state index contributed by atoms with van der Waals surface area (Å²) in [5.41, 5.74) is 0. The lowest BCUT2D eigenvalue weighted by Gasteiger charge is -2.39. The zero-order valence-electron chi connectivity index (χ0n) is 10.4. The SMILES string of the molecule is Cl.O=C(C1CCNC1)N1CCCC2CCCC21. The first-order valence-electron chi connectivity index (χ1n) is 6.87. The number of carbonyl (C=O) groups excluding carboxylic acids is 1. The van der Waals surface area contributed by atoms with Gasteiger partial charge in [-0.15, -0.1) is 12.4 Å². The minimum atomic E-state index is 0. The van der Waals surface area contributed by atoms with Gasteiger partial charge in [0.1, 0.15) is 0 Å². The van der Waals surface area contributed by atoms with Crippen molar-refractivity contribution in [2.45, 2.75) is 44.6 Å². The number of piperidine rings is 1. The zero-order chi connectivity index (χ0) is 11.0. The Morgan fingerprint density at radius 2 is 1.94 bits per heavy atom. The van der Waals surface area contributed by atoms with E-state index in [0.717, 1.165) is 32.0 Å². The number of nitrogens with one attached hydrogen (secondary N) is 1. The molecule has 1 saturated carbocycles. The van der Waals surface area contributed by atoms with Crippen LogP contribution in [0.3, 0.4) is 0 Å². The molecule has 3 aliphatic rings. The fourth-order valence-corrected chi connectivity index (χ4v) is 3.83. The minimum absolute atomic E-state index is 0. The van der Waals surface area contributed by atoms with Crippen molar-refractivity contribution in [3.63, 3.8) is 0 Å². The largest absolute Gasteiger partial charge is 0.339 e. The summed E-state index contributed by atoms with van der Waals surface area (Å²) in [7, 11) is 0. The Morgan fingerprint density at radius 3 is 2.71 bits per heavy atom. The van der Waals surface area contributed by atoms with Crippen LogP contribution in [0.4, 0.5) is 0 Å². The molecule has 3 nitrogen and oxygen atoms in total. The van der Waals surface area contributed by atoms with Crippen molar-refractivity contribution in [2.24, 2.45) is 11.8 Å². The molecule has 3 atom stereocenters. The monoisotopic (exact) mass is 258 g/mol. The van der Waals surface area contributed by atoms with E-state index in [0.29, 0.717) is 11.9 Å². The lowest BCUT2D eigenvalue weighted by Crippen LogP contribution is -2.48. The first-order chi connectivity index (χ1) is 7.86. The predicted octanol–water partition coefficient (Wildman–Crippen LogP) is 1.81. The van der Waals surface area contributed by atoms with Gasteiger partial charge < -0.3 is 10.2 Å². The van der Waals surface area contributed by atoms with Gasteiger partial charge in [0.15, 0.2) is 0 Å². The first-order valence-corrected chi connectivity index (χ1v) is 6.87. The summed E-state index contributed by atoms with van der Waals surface area (Å²) in [5.74, 6) is 1.55. The lowest BCUT2D eigenvalue weighted by molar-refractivity contribution is -0.139. The maximum Gasteiger partial charge on any atom is 0.227 e. The van der Waals surface area contributed by atoms with E-state index in [2.05, 4.69) is 10.2 Å². The van der Waals surface area contributed by atoms with E-state index in [9.17, 15) is 4.79 Å². The molecule has 17 heavy (non-hydrogen) atoms. The third-order valence-corrected chi connectivity index (χ3v) is 4.69. The van der Waals surface area contributed by atoms with Crippen LogP contribution < -0.4 is 5.32 Å². The van der Waals surface area contributed by atoms with E-state index in [1.165, 1.54) is 32.1 Å². The molecule has 0 aromatic carbocycles. The highest BCUT2D eigenvalue weighted by Crippen LogP contribution is 2.37. The van der Waals surface area contributed by atoms with Crippen molar-refractivity contribution in [3.05, 3.63) is 0 Å². The van der Waals surface area contributed by atoms with Crippen LogP contribution in [0, 0.1) is 11.8 Å². The molecule has 0 radical (unpaired) electrons. The van der Waals surface area contributed by atoms with Crippen molar-refractivity contribution < 1.29 is 4.79 Å². The number of amides is 1. The van der Waals surface area contributed by atoms with Crippen LogP contribution >= 0.6 is 12.4 Å². The van der Waals surface area contributed by atoms with E-state index in [1.54, 1.807) is 0 Å². The Hall–Kier alpha value is -0.280. The van der Waals surface area contributed by atoms with Crippen molar-refractivity contribution >= 4 is 18.3 Å². The molecule has 3 fully saturated rings. The van der Waals surface area contributed by atoms with Crippen LogP contribution in [0.1, 0.15) is 38.5 Å². The van der Waals surface area contributed by atoms with E-state index in [-0.39, 0.29) is 18.3 Å². The molecule has 0 aromatic heterocycles. The maximum atomic E-state index is 12.4. The molecule has 1 aliphatic carbocycles. The summed E-state index contributed by atoms with van der Waals surface area (Å²) in [6, 6.07) is 0.599. The predicted molar refractivity (Wildman–Crippen MR) is 70.3 cm³/mol. The lowest BCUT2D eigenvalue weighted by atomic mass is 9.90. The highest BCUT2D eigenvalue weighted by atomic mass is 35.5. The Balaban J connectivity index is 0.00000108. The molecule has 0 bridgehead atoms. The second-order valence-electron chi connectivity index (χ2n) is 5.62. The summed E-state index contributed by atoms with van der Waals surface area (Å²) in [4.78, 5) is 14.7. The molecule has 1 N–H and O–H groups in total. The van der Waals surface area contributed by atoms with E-state index < -0.39 is 0 Å². The average Bonchev–Trinajstić information content (AvgIpc) is 2.98. The summed E-state index contributed by atoms with van der Waals surface area (Å²) in [6.07, 6.45) is 7.59. The molecule has 2 saturated heterocycles. The van der Waals surface area contributed by atoms with Crippen LogP contribution in [0.25, 0.3) is 0 Å². The van der Waals surface area contributed by atoms with Gasteiger partial charge in [-0.3, -0.25) is 4.79 Å². The molecule has 3 rings (SSSR count). The van der Waals surface area contributed by atoms with E-state index in [4.69, 9.17) is 0 Å². The van der Waals surface area contributed by atoms with Crippen molar-refractivity contribution in [2.75, 3.05) is 19.6 Å². The van der Waals surface area contributed by atoms with Gasteiger partial charge in [-0.1, -0.05) is 6.42 Å². The number of nitrogens with zero attached hydrogens (tertiary/aromatic N) is 1. The quantitative estimate of drug-likeness (QED) is 0.778. The summed E-state index contributed by atoms with van der Waals surface area (Å²) in [6.45, 7) is 2.96. The van der Waals surface area contributed by atoms with Crippen LogP contribution in [0.5, 0.6) is 0 Å². The Kier molecular flexibility index (Phi) is 4.31. The molecule has 0 spiro atoms. The van der Waals surface area contributed by atoms with Crippen molar-refractivity contribution in [3.8, 4) is 0 Å². The summed E-state index contributed by atoms with van der Waals surface area (Å²) >= 11 is 0. The van der Waals surface area contributed by atoms with Crippen LogP contribution in [-0.4, -0.2) is 36.5 Å². The van der Waals surface area contributed by atoms with Gasteiger partial charge in [0.2, 0.25) is 5.91 Å². The Labute approximate surface area is 110 Å². The van der Waals surface area contributed by atoms with Gasteiger partial charge in [-0.2, -0.15) is 0 Å². The fraction of sp³-hybridized carbons (Fsp3) is 0.923.